The summed E-state index contributed by atoms with van der Waals surface area (Å²) >= 11 is 6.41. The van der Waals surface area contributed by atoms with E-state index in [-0.39, 0.29) is 23.4 Å². The average Bonchev–Trinajstić information content (AvgIpc) is 2.56. The summed E-state index contributed by atoms with van der Waals surface area (Å²) < 4.78 is 0. The zero-order valence-corrected chi connectivity index (χ0v) is 15.9. The number of nitrogens with one attached hydrogen (secondary N) is 2. The van der Waals surface area contributed by atoms with Crippen molar-refractivity contribution in [2.75, 3.05) is 5.32 Å². The predicted molar refractivity (Wildman–Crippen MR) is 104 cm³/mol. The van der Waals surface area contributed by atoms with Crippen molar-refractivity contribution in [1.29, 1.82) is 0 Å². The molecule has 1 aromatic heterocycles. The highest BCUT2D eigenvalue weighted by Gasteiger charge is 2.30. The van der Waals surface area contributed by atoms with Gasteiger partial charge in [-0.2, -0.15) is 0 Å². The molecule has 134 valence electrons. The maximum absolute atomic E-state index is 12.4. The lowest BCUT2D eigenvalue weighted by Gasteiger charge is -2.35. The van der Waals surface area contributed by atoms with Crippen LogP contribution >= 0.6 is 11.6 Å². The van der Waals surface area contributed by atoms with Crippen LogP contribution in [0.15, 0.2) is 30.3 Å². The van der Waals surface area contributed by atoms with E-state index in [1.165, 1.54) is 0 Å². The third kappa shape index (κ3) is 4.24. The van der Waals surface area contributed by atoms with Crippen LogP contribution in [0.3, 0.4) is 0 Å². The van der Waals surface area contributed by atoms with Gasteiger partial charge in [-0.3, -0.25) is 4.79 Å². The maximum atomic E-state index is 12.4. The van der Waals surface area contributed by atoms with E-state index < -0.39 is 0 Å². The van der Waals surface area contributed by atoms with Gasteiger partial charge in [-0.25, -0.2) is 4.98 Å². The molecule has 2 unspecified atom stereocenters. The number of para-hydroxylation sites is 1. The van der Waals surface area contributed by atoms with Gasteiger partial charge in [0, 0.05) is 22.9 Å². The van der Waals surface area contributed by atoms with E-state index in [0.29, 0.717) is 5.02 Å². The Morgan fingerprint density at radius 1 is 1.16 bits per heavy atom. The molecule has 1 aliphatic rings. The first-order chi connectivity index (χ1) is 11.8. The normalized spacial score (nSPS) is 21.1. The van der Waals surface area contributed by atoms with Crippen LogP contribution < -0.4 is 10.6 Å². The Bertz CT molecular complexity index is 769. The molecule has 1 fully saturated rings. The molecular formula is C20H26ClN3O. The molecule has 0 saturated heterocycles. The summed E-state index contributed by atoms with van der Waals surface area (Å²) in [6.45, 7) is 5.83. The molecule has 1 heterocycles. The smallest absolute Gasteiger partial charge is 0.225 e. The third-order valence-electron chi connectivity index (χ3n) is 4.76. The van der Waals surface area contributed by atoms with Crippen molar-refractivity contribution in [2.45, 2.75) is 58.5 Å². The minimum absolute atomic E-state index is 0.0932. The quantitative estimate of drug-likeness (QED) is 0.829. The van der Waals surface area contributed by atoms with E-state index in [9.17, 15) is 4.79 Å². The summed E-state index contributed by atoms with van der Waals surface area (Å²) in [5.41, 5.74) is 0.496. The average molecular weight is 360 g/mol. The number of fused-ring (bicyclic) bond motifs is 1. The van der Waals surface area contributed by atoms with Gasteiger partial charge in [0.25, 0.3) is 0 Å². The lowest BCUT2D eigenvalue weighted by atomic mass is 9.88. The molecule has 25 heavy (non-hydrogen) atoms. The van der Waals surface area contributed by atoms with E-state index in [1.54, 1.807) is 0 Å². The number of aromatic nitrogens is 1. The van der Waals surface area contributed by atoms with Crippen LogP contribution in [0.4, 0.5) is 5.82 Å². The first-order valence-corrected chi connectivity index (χ1v) is 9.35. The molecule has 4 nitrogen and oxygen atoms in total. The topological polar surface area (TPSA) is 54.0 Å². The summed E-state index contributed by atoms with van der Waals surface area (Å²) in [5, 5.41) is 8.38. The molecule has 1 aromatic carbocycles. The number of pyridine rings is 1. The molecule has 2 atom stereocenters. The van der Waals surface area contributed by atoms with Crippen LogP contribution in [0, 0.1) is 5.41 Å². The van der Waals surface area contributed by atoms with Gasteiger partial charge in [-0.1, -0.05) is 63.4 Å². The van der Waals surface area contributed by atoms with Gasteiger partial charge in [0.1, 0.15) is 5.82 Å². The molecule has 0 aliphatic heterocycles. The molecule has 0 spiro atoms. The first-order valence-electron chi connectivity index (χ1n) is 8.97. The van der Waals surface area contributed by atoms with Crippen molar-refractivity contribution in [3.05, 3.63) is 35.4 Å². The van der Waals surface area contributed by atoms with Crippen molar-refractivity contribution < 1.29 is 4.79 Å². The number of anilines is 1. The van der Waals surface area contributed by atoms with Crippen LogP contribution in [-0.4, -0.2) is 23.0 Å². The number of halogens is 1. The largest absolute Gasteiger partial charge is 0.365 e. The summed E-state index contributed by atoms with van der Waals surface area (Å²) in [4.78, 5) is 17.1. The van der Waals surface area contributed by atoms with E-state index in [1.807, 2.05) is 51.1 Å². The molecule has 2 N–H and O–H groups in total. The Kier molecular flexibility index (Phi) is 5.19. The molecule has 0 bridgehead atoms. The van der Waals surface area contributed by atoms with Gasteiger partial charge in [-0.15, -0.1) is 0 Å². The van der Waals surface area contributed by atoms with Crippen molar-refractivity contribution in [3.8, 4) is 0 Å². The van der Waals surface area contributed by atoms with Gasteiger partial charge in [0.05, 0.1) is 10.5 Å². The minimum atomic E-state index is -0.382. The molecular weight excluding hydrogens is 334 g/mol. The van der Waals surface area contributed by atoms with Gasteiger partial charge in [0.15, 0.2) is 0 Å². The zero-order chi connectivity index (χ0) is 18.0. The summed E-state index contributed by atoms with van der Waals surface area (Å²) in [6.07, 6.45) is 4.29. The third-order valence-corrected chi connectivity index (χ3v) is 5.08. The lowest BCUT2D eigenvalue weighted by Crippen LogP contribution is -2.51. The number of nitrogens with zero attached hydrogens (tertiary/aromatic N) is 1. The highest BCUT2D eigenvalue weighted by Crippen LogP contribution is 2.28. The fourth-order valence-corrected chi connectivity index (χ4v) is 3.52. The Balaban J connectivity index is 1.79. The Morgan fingerprint density at radius 3 is 2.56 bits per heavy atom. The SMILES string of the molecule is CC(C)(C)C(=O)NC1CCCCC1Nc1cc(Cl)c2ccccc2n1. The first kappa shape index (κ1) is 18.0. The maximum Gasteiger partial charge on any atom is 0.225 e. The van der Waals surface area contributed by atoms with Crippen LogP contribution in [0.5, 0.6) is 0 Å². The molecule has 1 aliphatic carbocycles. The second-order valence-electron chi connectivity index (χ2n) is 7.87. The highest BCUT2D eigenvalue weighted by molar-refractivity contribution is 6.35. The van der Waals surface area contributed by atoms with Gasteiger partial charge in [0.2, 0.25) is 5.91 Å². The van der Waals surface area contributed by atoms with E-state index in [0.717, 1.165) is 42.4 Å². The Labute approximate surface area is 154 Å². The van der Waals surface area contributed by atoms with Crippen LogP contribution in [0.1, 0.15) is 46.5 Å². The van der Waals surface area contributed by atoms with Crippen LogP contribution in [0.25, 0.3) is 10.9 Å². The van der Waals surface area contributed by atoms with Gasteiger partial charge in [-0.05, 0) is 25.0 Å². The van der Waals surface area contributed by atoms with Crippen molar-refractivity contribution in [2.24, 2.45) is 5.41 Å². The monoisotopic (exact) mass is 359 g/mol. The Morgan fingerprint density at radius 2 is 1.84 bits per heavy atom. The number of carbonyl (C=O) groups excluding carboxylic acids is 1. The van der Waals surface area contributed by atoms with Crippen molar-refractivity contribution >= 4 is 34.2 Å². The number of benzene rings is 1. The standard InChI is InChI=1S/C20H26ClN3O/c1-20(2,3)19(25)24-17-11-7-6-10-16(17)23-18-12-14(21)13-8-4-5-9-15(13)22-18/h4-5,8-9,12,16-17H,6-7,10-11H2,1-3H3,(H,22,23)(H,24,25). The van der Waals surface area contributed by atoms with E-state index in [4.69, 9.17) is 11.6 Å². The highest BCUT2D eigenvalue weighted by atomic mass is 35.5. The fraction of sp³-hybridized carbons (Fsp3) is 0.500. The molecule has 1 amide bonds. The van der Waals surface area contributed by atoms with E-state index in [2.05, 4.69) is 15.6 Å². The molecule has 5 heteroatoms. The molecule has 1 saturated carbocycles. The number of hydrogen-bond donors (Lipinski definition) is 2. The zero-order valence-electron chi connectivity index (χ0n) is 15.1. The number of amides is 1. The number of hydrogen-bond acceptors (Lipinski definition) is 3. The second kappa shape index (κ2) is 7.20. The summed E-state index contributed by atoms with van der Waals surface area (Å²) in [5.74, 6) is 0.862. The molecule has 3 rings (SSSR count). The lowest BCUT2D eigenvalue weighted by molar-refractivity contribution is -0.129. The summed E-state index contributed by atoms with van der Waals surface area (Å²) in [7, 11) is 0. The van der Waals surface area contributed by atoms with Crippen LogP contribution in [-0.2, 0) is 4.79 Å². The molecule has 2 aromatic rings. The minimum Gasteiger partial charge on any atom is -0.365 e. The van der Waals surface area contributed by atoms with E-state index >= 15 is 0 Å². The Hall–Kier alpha value is -1.81. The number of carbonyl (C=O) groups is 1. The van der Waals surface area contributed by atoms with Crippen LogP contribution in [0.2, 0.25) is 5.02 Å². The molecule has 0 radical (unpaired) electrons. The van der Waals surface area contributed by atoms with Gasteiger partial charge >= 0.3 is 0 Å². The fourth-order valence-electron chi connectivity index (χ4n) is 3.26. The second-order valence-corrected chi connectivity index (χ2v) is 8.28. The number of rotatable bonds is 3. The summed E-state index contributed by atoms with van der Waals surface area (Å²) in [6, 6.07) is 10.0. The van der Waals surface area contributed by atoms with Crippen molar-refractivity contribution in [3.63, 3.8) is 0 Å². The predicted octanol–water partition coefficient (Wildman–Crippen LogP) is 4.77. The van der Waals surface area contributed by atoms with Gasteiger partial charge < -0.3 is 10.6 Å². The van der Waals surface area contributed by atoms with Crippen molar-refractivity contribution in [1.82, 2.24) is 10.3 Å².